The second-order valence-corrected chi connectivity index (χ2v) is 12.5. The van der Waals surface area contributed by atoms with Gasteiger partial charge in [0.05, 0.1) is 22.5 Å². The molecule has 210 valence electrons. The summed E-state index contributed by atoms with van der Waals surface area (Å²) in [4.78, 5) is 28.0. The molecule has 0 saturated carbocycles. The summed E-state index contributed by atoms with van der Waals surface area (Å²) in [5.74, 6) is -1.28. The highest BCUT2D eigenvalue weighted by molar-refractivity contribution is 7.92. The van der Waals surface area contributed by atoms with E-state index < -0.39 is 57.4 Å². The first-order chi connectivity index (χ1) is 17.3. The average molecular weight is 596 g/mol. The van der Waals surface area contributed by atoms with Gasteiger partial charge in [0.1, 0.15) is 12.6 Å². The largest absolute Gasteiger partial charge is 0.416 e. The first-order valence-electron chi connectivity index (χ1n) is 11.5. The van der Waals surface area contributed by atoms with E-state index in [9.17, 15) is 31.2 Å². The van der Waals surface area contributed by atoms with E-state index in [0.717, 1.165) is 12.3 Å². The molecule has 0 aliphatic rings. The first kappa shape index (κ1) is 31.7. The van der Waals surface area contributed by atoms with Gasteiger partial charge in [-0.2, -0.15) is 13.2 Å². The van der Waals surface area contributed by atoms with Crippen LogP contribution >= 0.6 is 23.2 Å². The van der Waals surface area contributed by atoms with Gasteiger partial charge in [0.25, 0.3) is 0 Å². The summed E-state index contributed by atoms with van der Waals surface area (Å²) in [5, 5.41) is 2.97. The highest BCUT2D eigenvalue weighted by Crippen LogP contribution is 2.36. The van der Waals surface area contributed by atoms with Crippen LogP contribution in [-0.2, 0) is 32.3 Å². The van der Waals surface area contributed by atoms with Crippen LogP contribution in [0.5, 0.6) is 0 Å². The van der Waals surface area contributed by atoms with E-state index in [4.69, 9.17) is 23.2 Å². The Bertz CT molecular complexity index is 1260. The molecule has 0 unspecified atom stereocenters. The SMILES string of the molecule is CC[C@@H](C(=O)NC(C)(C)C)N(Cc1ccc(Cl)cc1)C(=O)CN(c1cc(C(F)(F)F)ccc1Cl)S(C)(=O)=O. The predicted octanol–water partition coefficient (Wildman–Crippen LogP) is 5.50. The van der Waals surface area contributed by atoms with Gasteiger partial charge < -0.3 is 10.2 Å². The number of hydrogen-bond acceptors (Lipinski definition) is 4. The summed E-state index contributed by atoms with van der Waals surface area (Å²) in [6, 6.07) is 7.69. The lowest BCUT2D eigenvalue weighted by molar-refractivity contribution is -0.141. The number of alkyl halides is 3. The van der Waals surface area contributed by atoms with Crippen molar-refractivity contribution in [3.8, 4) is 0 Å². The Labute approximate surface area is 230 Å². The van der Waals surface area contributed by atoms with Gasteiger partial charge in [0, 0.05) is 17.1 Å². The molecule has 2 aromatic rings. The Morgan fingerprint density at radius 3 is 2.08 bits per heavy atom. The summed E-state index contributed by atoms with van der Waals surface area (Å²) in [6.07, 6.45) is -3.83. The van der Waals surface area contributed by atoms with Crippen molar-refractivity contribution in [1.29, 1.82) is 0 Å². The summed E-state index contributed by atoms with van der Waals surface area (Å²) >= 11 is 12.1. The molecule has 2 amide bonds. The Morgan fingerprint density at radius 2 is 1.61 bits per heavy atom. The third-order valence-electron chi connectivity index (χ3n) is 5.37. The number of benzene rings is 2. The van der Waals surface area contributed by atoms with Gasteiger partial charge in [-0.25, -0.2) is 8.42 Å². The van der Waals surface area contributed by atoms with E-state index in [1.54, 1.807) is 52.0 Å². The normalized spacial score (nSPS) is 13.1. The fourth-order valence-electron chi connectivity index (χ4n) is 3.63. The smallest absolute Gasteiger partial charge is 0.350 e. The average Bonchev–Trinajstić information content (AvgIpc) is 2.76. The van der Waals surface area contributed by atoms with Gasteiger partial charge in [-0.3, -0.25) is 13.9 Å². The molecule has 1 atom stereocenters. The molecule has 1 N–H and O–H groups in total. The minimum atomic E-state index is -4.77. The number of anilines is 1. The molecule has 13 heteroatoms. The zero-order chi connectivity index (χ0) is 29.1. The third-order valence-corrected chi connectivity index (χ3v) is 7.07. The number of rotatable bonds is 9. The van der Waals surface area contributed by atoms with Crippen LogP contribution in [0, 0.1) is 0 Å². The number of nitrogens with one attached hydrogen (secondary N) is 1. The van der Waals surface area contributed by atoms with E-state index in [0.29, 0.717) is 27.0 Å². The monoisotopic (exact) mass is 595 g/mol. The maximum absolute atomic E-state index is 13.7. The number of carbonyl (C=O) groups is 2. The predicted molar refractivity (Wildman–Crippen MR) is 143 cm³/mol. The lowest BCUT2D eigenvalue weighted by atomic mass is 10.1. The molecule has 0 fully saturated rings. The van der Waals surface area contributed by atoms with Crippen molar-refractivity contribution in [2.24, 2.45) is 0 Å². The fraction of sp³-hybridized carbons (Fsp3) is 0.440. The molecular formula is C25H30Cl2F3N3O4S. The van der Waals surface area contributed by atoms with E-state index in [2.05, 4.69) is 5.32 Å². The molecule has 0 spiro atoms. The van der Waals surface area contributed by atoms with Gasteiger partial charge in [-0.15, -0.1) is 0 Å². The summed E-state index contributed by atoms with van der Waals surface area (Å²) in [6.45, 7) is 6.03. The van der Waals surface area contributed by atoms with Crippen molar-refractivity contribution in [2.45, 2.75) is 58.4 Å². The van der Waals surface area contributed by atoms with Crippen LogP contribution in [0.3, 0.4) is 0 Å². The molecule has 7 nitrogen and oxygen atoms in total. The zero-order valence-corrected chi connectivity index (χ0v) is 23.9. The maximum atomic E-state index is 13.7. The molecular weight excluding hydrogens is 566 g/mol. The first-order valence-corrected chi connectivity index (χ1v) is 14.1. The number of sulfonamides is 1. The summed E-state index contributed by atoms with van der Waals surface area (Å²) < 4.78 is 65.9. The third kappa shape index (κ3) is 8.78. The molecule has 0 bridgehead atoms. The van der Waals surface area contributed by atoms with Crippen molar-refractivity contribution >= 4 is 50.7 Å². The lowest BCUT2D eigenvalue weighted by Gasteiger charge is -2.34. The van der Waals surface area contributed by atoms with Crippen molar-refractivity contribution in [1.82, 2.24) is 10.2 Å². The molecule has 38 heavy (non-hydrogen) atoms. The van der Waals surface area contributed by atoms with E-state index in [-0.39, 0.29) is 18.0 Å². The molecule has 0 aliphatic heterocycles. The van der Waals surface area contributed by atoms with Crippen molar-refractivity contribution in [2.75, 3.05) is 17.1 Å². The molecule has 0 saturated heterocycles. The Hall–Kier alpha value is -2.50. The van der Waals surface area contributed by atoms with Gasteiger partial charge in [-0.1, -0.05) is 42.3 Å². The maximum Gasteiger partial charge on any atom is 0.416 e. The van der Waals surface area contributed by atoms with Gasteiger partial charge in [-0.05, 0) is 63.1 Å². The van der Waals surface area contributed by atoms with Crippen LogP contribution in [0.1, 0.15) is 45.2 Å². The fourth-order valence-corrected chi connectivity index (χ4v) is 4.88. The topological polar surface area (TPSA) is 86.8 Å². The van der Waals surface area contributed by atoms with Crippen molar-refractivity contribution < 1.29 is 31.2 Å². The van der Waals surface area contributed by atoms with E-state index in [1.165, 1.54) is 4.90 Å². The number of nitrogens with zero attached hydrogens (tertiary/aromatic N) is 2. The number of halogens is 5. The molecule has 2 rings (SSSR count). The second-order valence-electron chi connectivity index (χ2n) is 9.74. The highest BCUT2D eigenvalue weighted by atomic mass is 35.5. The number of carbonyl (C=O) groups excluding carboxylic acids is 2. The second kappa shape index (κ2) is 12.1. The van der Waals surface area contributed by atoms with Gasteiger partial charge >= 0.3 is 6.18 Å². The number of hydrogen-bond donors (Lipinski definition) is 1. The van der Waals surface area contributed by atoms with E-state index >= 15 is 0 Å². The molecule has 0 aromatic heterocycles. The summed E-state index contributed by atoms with van der Waals surface area (Å²) in [7, 11) is -4.28. The Balaban J connectivity index is 2.56. The Morgan fingerprint density at radius 1 is 1.03 bits per heavy atom. The van der Waals surface area contributed by atoms with Crippen molar-refractivity contribution in [3.05, 3.63) is 63.6 Å². The minimum absolute atomic E-state index is 0.0833. The Kier molecular flexibility index (Phi) is 10.1. The van der Waals surface area contributed by atoms with Crippen LogP contribution in [0.15, 0.2) is 42.5 Å². The van der Waals surface area contributed by atoms with Crippen molar-refractivity contribution in [3.63, 3.8) is 0 Å². The summed E-state index contributed by atoms with van der Waals surface area (Å²) in [5.41, 5.74) is -1.65. The van der Waals surface area contributed by atoms with Gasteiger partial charge in [0.15, 0.2) is 0 Å². The molecule has 0 heterocycles. The van der Waals surface area contributed by atoms with Gasteiger partial charge in [0.2, 0.25) is 21.8 Å². The minimum Gasteiger partial charge on any atom is -0.350 e. The van der Waals surface area contributed by atoms with Crippen LogP contribution in [0.25, 0.3) is 0 Å². The quantitative estimate of drug-likeness (QED) is 0.414. The molecule has 2 aromatic carbocycles. The molecule has 0 radical (unpaired) electrons. The van der Waals surface area contributed by atoms with Crippen LogP contribution in [0.2, 0.25) is 10.0 Å². The van der Waals surface area contributed by atoms with E-state index in [1.807, 2.05) is 0 Å². The lowest BCUT2D eigenvalue weighted by Crippen LogP contribution is -2.55. The number of amides is 2. The van der Waals surface area contributed by atoms with Crippen LogP contribution in [-0.4, -0.2) is 49.5 Å². The standard InChI is InChI=1S/C25H30Cl2F3N3O4S/c1-6-20(23(35)31-24(2,3)4)32(14-16-7-10-18(26)11-8-16)22(34)15-33(38(5,36)37)21-13-17(25(28,29)30)9-12-19(21)27/h7-13,20H,6,14-15H2,1-5H3,(H,31,35)/t20-/m0/s1. The zero-order valence-electron chi connectivity index (χ0n) is 21.6. The van der Waals surface area contributed by atoms with Crippen LogP contribution in [0.4, 0.5) is 18.9 Å². The highest BCUT2D eigenvalue weighted by Gasteiger charge is 2.35. The van der Waals surface area contributed by atoms with Crippen LogP contribution < -0.4 is 9.62 Å². The molecule has 0 aliphatic carbocycles.